The Morgan fingerprint density at radius 2 is 1.60 bits per heavy atom. The highest BCUT2D eigenvalue weighted by Gasteiger charge is 2.29. The quantitative estimate of drug-likeness (QED) is 0.440. The molecule has 3 saturated heterocycles. The van der Waals surface area contributed by atoms with Gasteiger partial charge in [-0.1, -0.05) is 0 Å². The fourth-order valence-corrected chi connectivity index (χ4v) is 7.24. The Bertz CT molecular complexity index is 1390. The van der Waals surface area contributed by atoms with Crippen LogP contribution >= 0.6 is 0 Å². The van der Waals surface area contributed by atoms with E-state index >= 15 is 0 Å². The molecule has 0 spiro atoms. The fourth-order valence-electron chi connectivity index (χ4n) is 7.24. The average Bonchev–Trinajstić information content (AvgIpc) is 3.04. The Kier molecular flexibility index (Phi) is 9.09. The van der Waals surface area contributed by atoms with Crippen LogP contribution in [0.3, 0.4) is 0 Å². The summed E-state index contributed by atoms with van der Waals surface area (Å²) in [4.78, 5) is 24.9. The molecule has 1 N–H and O–H groups in total. The molecule has 1 aromatic carbocycles. The summed E-state index contributed by atoms with van der Waals surface area (Å²) >= 11 is 0. The number of methoxy groups -OCH3 is 2. The number of hydrogen-bond acceptors (Lipinski definition) is 8. The lowest BCUT2D eigenvalue weighted by Crippen LogP contribution is -2.53. The first-order valence-electron chi connectivity index (χ1n) is 15.6. The molecule has 3 aliphatic rings. The maximum absolute atomic E-state index is 12.7. The summed E-state index contributed by atoms with van der Waals surface area (Å²) < 4.78 is 13.5. The summed E-state index contributed by atoms with van der Waals surface area (Å²) in [6, 6.07) is 6.76. The maximum Gasteiger partial charge on any atom is 0.259 e. The zero-order chi connectivity index (χ0) is 29.1. The smallest absolute Gasteiger partial charge is 0.259 e. The lowest BCUT2D eigenvalue weighted by atomic mass is 9.95. The summed E-state index contributed by atoms with van der Waals surface area (Å²) in [5, 5.41) is 4.97. The van der Waals surface area contributed by atoms with E-state index in [0.29, 0.717) is 11.4 Å². The molecule has 9 heteroatoms. The molecule has 42 heavy (non-hydrogen) atoms. The predicted octanol–water partition coefficient (Wildman–Crippen LogP) is 3.20. The van der Waals surface area contributed by atoms with Crippen molar-refractivity contribution < 1.29 is 9.47 Å². The van der Waals surface area contributed by atoms with Gasteiger partial charge in [0.1, 0.15) is 11.5 Å². The minimum Gasteiger partial charge on any atom is -0.496 e. The molecular formula is C33H46N6O3. The third kappa shape index (κ3) is 6.20. The number of likely N-dealkylation sites (tertiary alicyclic amines) is 1. The lowest BCUT2D eigenvalue weighted by molar-refractivity contribution is 0.0512. The van der Waals surface area contributed by atoms with Gasteiger partial charge < -0.3 is 24.3 Å². The second kappa shape index (κ2) is 13.1. The highest BCUT2D eigenvalue weighted by molar-refractivity contribution is 5.95. The van der Waals surface area contributed by atoms with Crippen molar-refractivity contribution in [3.63, 3.8) is 0 Å². The Balaban J connectivity index is 1.10. The minimum atomic E-state index is -0.0562. The third-order valence-electron chi connectivity index (χ3n) is 9.74. The maximum atomic E-state index is 12.7. The fraction of sp³-hybridized carbons (Fsp3) is 0.576. The number of aryl methyl sites for hydroxylation is 1. The number of ether oxygens (including phenoxy) is 2. The first-order valence-corrected chi connectivity index (χ1v) is 15.6. The van der Waals surface area contributed by atoms with E-state index in [4.69, 9.17) is 9.47 Å². The molecule has 6 rings (SSSR count). The lowest BCUT2D eigenvalue weighted by Gasteiger charge is -2.43. The summed E-state index contributed by atoms with van der Waals surface area (Å²) in [5.74, 6) is 2.50. The van der Waals surface area contributed by atoms with E-state index in [1.54, 1.807) is 38.2 Å². The Labute approximate surface area is 249 Å². The van der Waals surface area contributed by atoms with Gasteiger partial charge >= 0.3 is 0 Å². The minimum absolute atomic E-state index is 0.0562. The molecule has 3 fully saturated rings. The molecule has 0 atom stereocenters. The van der Waals surface area contributed by atoms with Crippen molar-refractivity contribution in [1.82, 2.24) is 29.6 Å². The van der Waals surface area contributed by atoms with Crippen LogP contribution in [-0.2, 0) is 13.6 Å². The van der Waals surface area contributed by atoms with Gasteiger partial charge in [0, 0.05) is 76.5 Å². The Morgan fingerprint density at radius 3 is 2.26 bits per heavy atom. The van der Waals surface area contributed by atoms with Crippen LogP contribution in [0.15, 0.2) is 41.6 Å². The van der Waals surface area contributed by atoms with Crippen molar-refractivity contribution in [2.24, 2.45) is 13.0 Å². The topological polar surface area (TPSA) is 75.1 Å². The van der Waals surface area contributed by atoms with Gasteiger partial charge in [0.15, 0.2) is 0 Å². The number of hydrogen-bond donors (Lipinski definition) is 1. The largest absolute Gasteiger partial charge is 0.496 e. The SMILES string of the molecule is COc1cc(-c2cn(C)c(=O)c3cnccc23)cc(OC)c1CN1CCN(C2CCN(CC3CCNCC3)CC2)CC1. The molecule has 3 aliphatic heterocycles. The van der Waals surface area contributed by atoms with E-state index in [1.807, 2.05) is 12.3 Å². The van der Waals surface area contributed by atoms with E-state index < -0.39 is 0 Å². The second-order valence-electron chi connectivity index (χ2n) is 12.3. The number of nitrogens with one attached hydrogen (secondary N) is 1. The molecule has 0 unspecified atom stereocenters. The van der Waals surface area contributed by atoms with E-state index in [-0.39, 0.29) is 5.56 Å². The van der Waals surface area contributed by atoms with Crippen LogP contribution in [0.2, 0.25) is 0 Å². The number of pyridine rings is 2. The zero-order valence-electron chi connectivity index (χ0n) is 25.5. The van der Waals surface area contributed by atoms with Crippen molar-refractivity contribution in [3.8, 4) is 22.6 Å². The summed E-state index contributed by atoms with van der Waals surface area (Å²) in [6.07, 6.45) is 10.5. The van der Waals surface area contributed by atoms with Crippen LogP contribution < -0.4 is 20.3 Å². The molecular weight excluding hydrogens is 528 g/mol. The Hall–Kier alpha value is -2.98. The molecule has 0 amide bonds. The summed E-state index contributed by atoms with van der Waals surface area (Å²) in [7, 11) is 5.22. The summed E-state index contributed by atoms with van der Waals surface area (Å²) in [5.41, 5.74) is 2.92. The van der Waals surface area contributed by atoms with Crippen LogP contribution in [0.25, 0.3) is 21.9 Å². The van der Waals surface area contributed by atoms with Gasteiger partial charge in [0.05, 0.1) is 25.2 Å². The number of rotatable bonds is 8. The molecule has 0 aliphatic carbocycles. The number of fused-ring (bicyclic) bond motifs is 1. The van der Waals surface area contributed by atoms with Gasteiger partial charge in [-0.15, -0.1) is 0 Å². The van der Waals surface area contributed by atoms with Crippen LogP contribution in [0.4, 0.5) is 0 Å². The summed E-state index contributed by atoms with van der Waals surface area (Å²) in [6.45, 7) is 11.3. The standard InChI is InChI=1S/C33H46N6O3/c1-36-22-29(27-6-11-35-20-28(27)33(36)40)25-18-31(41-2)30(32(19-25)42-3)23-38-14-16-39(17-15-38)26-7-12-37(13-8-26)21-24-4-9-34-10-5-24/h6,11,18-20,22,24,26,34H,4-5,7-10,12-17,21,23H2,1-3H3. The molecule has 5 heterocycles. The number of piperidine rings is 2. The molecule has 226 valence electrons. The van der Waals surface area contributed by atoms with E-state index in [1.165, 1.54) is 58.4 Å². The highest BCUT2D eigenvalue weighted by atomic mass is 16.5. The van der Waals surface area contributed by atoms with E-state index in [0.717, 1.165) is 72.2 Å². The average molecular weight is 575 g/mol. The molecule has 0 saturated carbocycles. The van der Waals surface area contributed by atoms with Crippen molar-refractivity contribution in [3.05, 3.63) is 52.7 Å². The third-order valence-corrected chi connectivity index (χ3v) is 9.74. The van der Waals surface area contributed by atoms with Crippen LogP contribution in [0, 0.1) is 5.92 Å². The normalized spacial score (nSPS) is 20.3. The number of nitrogens with zero attached hydrogens (tertiary/aromatic N) is 5. The molecule has 0 bridgehead atoms. The predicted molar refractivity (Wildman–Crippen MR) is 167 cm³/mol. The van der Waals surface area contributed by atoms with Gasteiger partial charge in [0.25, 0.3) is 5.56 Å². The number of aromatic nitrogens is 2. The first-order chi connectivity index (χ1) is 20.5. The van der Waals surface area contributed by atoms with Crippen molar-refractivity contribution >= 4 is 10.8 Å². The van der Waals surface area contributed by atoms with Crippen molar-refractivity contribution in [1.29, 1.82) is 0 Å². The zero-order valence-corrected chi connectivity index (χ0v) is 25.5. The molecule has 0 radical (unpaired) electrons. The van der Waals surface area contributed by atoms with Crippen molar-refractivity contribution in [2.75, 3.05) is 73.1 Å². The van der Waals surface area contributed by atoms with Crippen LogP contribution in [-0.4, -0.2) is 103 Å². The highest BCUT2D eigenvalue weighted by Crippen LogP contribution is 2.38. The van der Waals surface area contributed by atoms with Gasteiger partial charge in [-0.05, 0) is 86.9 Å². The van der Waals surface area contributed by atoms with E-state index in [2.05, 4.69) is 37.1 Å². The van der Waals surface area contributed by atoms with Crippen molar-refractivity contribution in [2.45, 2.75) is 38.3 Å². The molecule has 9 nitrogen and oxygen atoms in total. The van der Waals surface area contributed by atoms with Crippen LogP contribution in [0.1, 0.15) is 31.2 Å². The number of benzene rings is 1. The van der Waals surface area contributed by atoms with Gasteiger partial charge in [-0.2, -0.15) is 0 Å². The monoisotopic (exact) mass is 574 g/mol. The van der Waals surface area contributed by atoms with Gasteiger partial charge in [0.2, 0.25) is 0 Å². The molecule has 2 aromatic heterocycles. The van der Waals surface area contributed by atoms with Gasteiger partial charge in [-0.25, -0.2) is 0 Å². The van der Waals surface area contributed by atoms with Gasteiger partial charge in [-0.3, -0.25) is 19.6 Å². The van der Waals surface area contributed by atoms with Crippen LogP contribution in [0.5, 0.6) is 11.5 Å². The first kappa shape index (κ1) is 29.1. The second-order valence-corrected chi connectivity index (χ2v) is 12.3. The Morgan fingerprint density at radius 1 is 0.905 bits per heavy atom. The van der Waals surface area contributed by atoms with E-state index in [9.17, 15) is 4.79 Å². The molecule has 3 aromatic rings. The number of piperazine rings is 1.